The lowest BCUT2D eigenvalue weighted by Crippen LogP contribution is -2.12. The van der Waals surface area contributed by atoms with E-state index in [-0.39, 0.29) is 5.92 Å². The highest BCUT2D eigenvalue weighted by Gasteiger charge is 2.17. The molecule has 0 aliphatic carbocycles. The van der Waals surface area contributed by atoms with Crippen LogP contribution in [-0.4, -0.2) is 23.8 Å². The van der Waals surface area contributed by atoms with Crippen molar-refractivity contribution in [2.45, 2.75) is 26.4 Å². The van der Waals surface area contributed by atoms with E-state index in [1.807, 2.05) is 19.9 Å². The summed E-state index contributed by atoms with van der Waals surface area (Å²) in [4.78, 5) is 4.01. The van der Waals surface area contributed by atoms with Crippen LogP contribution >= 0.6 is 0 Å². The lowest BCUT2D eigenvalue weighted by atomic mass is 9.93. The zero-order valence-corrected chi connectivity index (χ0v) is 9.60. The second-order valence-corrected chi connectivity index (χ2v) is 3.94. The van der Waals surface area contributed by atoms with Gasteiger partial charge in [-0.15, -0.1) is 0 Å². The Labute approximate surface area is 91.1 Å². The lowest BCUT2D eigenvalue weighted by Gasteiger charge is -2.20. The van der Waals surface area contributed by atoms with Gasteiger partial charge in [0.15, 0.2) is 0 Å². The van der Waals surface area contributed by atoms with Crippen molar-refractivity contribution in [2.24, 2.45) is 5.92 Å². The molecule has 0 aromatic carbocycles. The summed E-state index contributed by atoms with van der Waals surface area (Å²) >= 11 is 0. The van der Waals surface area contributed by atoms with E-state index >= 15 is 0 Å². The Morgan fingerprint density at radius 1 is 1.53 bits per heavy atom. The molecule has 1 N–H and O–H groups in total. The van der Waals surface area contributed by atoms with E-state index < -0.39 is 6.10 Å². The summed E-state index contributed by atoms with van der Waals surface area (Å²) in [7, 11) is 1.68. The lowest BCUT2D eigenvalue weighted by molar-refractivity contribution is 0.0881. The average Bonchev–Trinajstić information content (AvgIpc) is 2.25. The predicted octanol–water partition coefficient (Wildman–Crippen LogP) is 2.10. The first-order chi connectivity index (χ1) is 7.16. The Kier molecular flexibility index (Phi) is 4.72. The molecule has 2 atom stereocenters. The molecule has 2 unspecified atom stereocenters. The van der Waals surface area contributed by atoms with E-state index in [2.05, 4.69) is 4.98 Å². The van der Waals surface area contributed by atoms with Crippen LogP contribution in [0.2, 0.25) is 0 Å². The van der Waals surface area contributed by atoms with Gasteiger partial charge in [-0.3, -0.25) is 4.98 Å². The Morgan fingerprint density at radius 2 is 2.27 bits per heavy atom. The van der Waals surface area contributed by atoms with Crippen molar-refractivity contribution >= 4 is 0 Å². The number of aliphatic hydroxyl groups excluding tert-OH is 1. The molecule has 1 aromatic heterocycles. The van der Waals surface area contributed by atoms with Gasteiger partial charge in [-0.25, -0.2) is 0 Å². The maximum absolute atomic E-state index is 10.1. The highest BCUT2D eigenvalue weighted by atomic mass is 16.5. The average molecular weight is 209 g/mol. The molecule has 3 nitrogen and oxygen atoms in total. The fraction of sp³-hybridized carbons (Fsp3) is 0.583. The number of aliphatic hydroxyl groups is 1. The summed E-state index contributed by atoms with van der Waals surface area (Å²) < 4.78 is 5.01. The molecule has 3 heteroatoms. The second-order valence-electron chi connectivity index (χ2n) is 3.94. The molecule has 84 valence electrons. The summed E-state index contributed by atoms with van der Waals surface area (Å²) in [5, 5.41) is 10.1. The van der Waals surface area contributed by atoms with Gasteiger partial charge >= 0.3 is 0 Å². The smallest absolute Gasteiger partial charge is 0.0820 e. The van der Waals surface area contributed by atoms with Crippen LogP contribution in [-0.2, 0) is 4.74 Å². The SMILES string of the molecule is COCCC(C)C(O)c1ccncc1C. The summed E-state index contributed by atoms with van der Waals surface area (Å²) in [5.74, 6) is 0.200. The van der Waals surface area contributed by atoms with Crippen LogP contribution in [0.4, 0.5) is 0 Å². The number of aromatic nitrogens is 1. The number of hydrogen-bond acceptors (Lipinski definition) is 3. The molecule has 0 saturated heterocycles. The van der Waals surface area contributed by atoms with Crippen LogP contribution < -0.4 is 0 Å². The minimum atomic E-state index is -0.428. The number of aryl methyl sites for hydroxylation is 1. The van der Waals surface area contributed by atoms with Crippen molar-refractivity contribution in [3.05, 3.63) is 29.6 Å². The van der Waals surface area contributed by atoms with Crippen LogP contribution in [0.25, 0.3) is 0 Å². The number of methoxy groups -OCH3 is 1. The quantitative estimate of drug-likeness (QED) is 0.807. The molecule has 0 bridgehead atoms. The highest BCUT2D eigenvalue weighted by Crippen LogP contribution is 2.25. The topological polar surface area (TPSA) is 42.4 Å². The summed E-state index contributed by atoms with van der Waals surface area (Å²) in [6.07, 6.45) is 3.93. The van der Waals surface area contributed by atoms with Crippen molar-refractivity contribution in [2.75, 3.05) is 13.7 Å². The Morgan fingerprint density at radius 3 is 2.87 bits per heavy atom. The normalized spacial score (nSPS) is 14.9. The standard InChI is InChI=1S/C12H19NO2/c1-9(5-7-15-3)12(14)11-4-6-13-8-10(11)2/h4,6,8-9,12,14H,5,7H2,1-3H3. The first kappa shape index (κ1) is 12.1. The highest BCUT2D eigenvalue weighted by molar-refractivity contribution is 5.24. The van der Waals surface area contributed by atoms with Crippen LogP contribution in [0.3, 0.4) is 0 Å². The first-order valence-electron chi connectivity index (χ1n) is 5.24. The first-order valence-corrected chi connectivity index (χ1v) is 5.24. The van der Waals surface area contributed by atoms with Gasteiger partial charge in [0.05, 0.1) is 6.10 Å². The zero-order valence-electron chi connectivity index (χ0n) is 9.60. The number of ether oxygens (including phenoxy) is 1. The fourth-order valence-corrected chi connectivity index (χ4v) is 1.58. The molecule has 1 aromatic rings. The van der Waals surface area contributed by atoms with E-state index in [1.165, 1.54) is 0 Å². The number of nitrogens with zero attached hydrogens (tertiary/aromatic N) is 1. The van der Waals surface area contributed by atoms with Gasteiger partial charge in [-0.1, -0.05) is 6.92 Å². The van der Waals surface area contributed by atoms with Gasteiger partial charge in [0.2, 0.25) is 0 Å². The molecule has 15 heavy (non-hydrogen) atoms. The van der Waals surface area contributed by atoms with Gasteiger partial charge < -0.3 is 9.84 Å². The van der Waals surface area contributed by atoms with Gasteiger partial charge in [-0.05, 0) is 36.5 Å². The molecule has 0 spiro atoms. The van der Waals surface area contributed by atoms with Crippen molar-refractivity contribution in [1.29, 1.82) is 0 Å². The minimum Gasteiger partial charge on any atom is -0.388 e. The Balaban J connectivity index is 2.67. The van der Waals surface area contributed by atoms with E-state index in [1.54, 1.807) is 19.5 Å². The predicted molar refractivity (Wildman–Crippen MR) is 59.6 cm³/mol. The molecular formula is C12H19NO2. The van der Waals surface area contributed by atoms with Gasteiger partial charge in [0.25, 0.3) is 0 Å². The maximum atomic E-state index is 10.1. The van der Waals surface area contributed by atoms with Crippen molar-refractivity contribution in [3.8, 4) is 0 Å². The van der Waals surface area contributed by atoms with Crippen LogP contribution in [0.1, 0.15) is 30.6 Å². The van der Waals surface area contributed by atoms with Gasteiger partial charge in [-0.2, -0.15) is 0 Å². The Bertz CT molecular complexity index is 301. The van der Waals surface area contributed by atoms with Crippen molar-refractivity contribution in [1.82, 2.24) is 4.98 Å². The maximum Gasteiger partial charge on any atom is 0.0820 e. The zero-order chi connectivity index (χ0) is 11.3. The molecule has 0 aliphatic heterocycles. The van der Waals surface area contributed by atoms with E-state index in [0.717, 1.165) is 17.5 Å². The molecule has 1 rings (SSSR count). The molecule has 0 aliphatic rings. The Hall–Kier alpha value is -0.930. The van der Waals surface area contributed by atoms with Crippen molar-refractivity contribution in [3.63, 3.8) is 0 Å². The molecule has 1 heterocycles. The number of pyridine rings is 1. The van der Waals surface area contributed by atoms with E-state index in [0.29, 0.717) is 6.61 Å². The van der Waals surface area contributed by atoms with Gasteiger partial charge in [0.1, 0.15) is 0 Å². The van der Waals surface area contributed by atoms with Crippen molar-refractivity contribution < 1.29 is 9.84 Å². The molecule has 0 fully saturated rings. The third-order valence-corrected chi connectivity index (χ3v) is 2.70. The van der Waals surface area contributed by atoms with E-state index in [4.69, 9.17) is 4.74 Å². The monoisotopic (exact) mass is 209 g/mol. The van der Waals surface area contributed by atoms with Crippen LogP contribution in [0.15, 0.2) is 18.5 Å². The fourth-order valence-electron chi connectivity index (χ4n) is 1.58. The summed E-state index contributed by atoms with van der Waals surface area (Å²) in [5.41, 5.74) is 2.00. The molecule has 0 radical (unpaired) electrons. The van der Waals surface area contributed by atoms with Crippen LogP contribution in [0.5, 0.6) is 0 Å². The third kappa shape index (κ3) is 3.29. The summed E-state index contributed by atoms with van der Waals surface area (Å²) in [6, 6.07) is 1.88. The van der Waals surface area contributed by atoms with E-state index in [9.17, 15) is 5.11 Å². The molecule has 0 amide bonds. The number of hydrogen-bond donors (Lipinski definition) is 1. The van der Waals surface area contributed by atoms with Crippen LogP contribution in [0, 0.1) is 12.8 Å². The molecular weight excluding hydrogens is 190 g/mol. The van der Waals surface area contributed by atoms with Gasteiger partial charge in [0, 0.05) is 26.1 Å². The third-order valence-electron chi connectivity index (χ3n) is 2.70. The second kappa shape index (κ2) is 5.83. The largest absolute Gasteiger partial charge is 0.388 e. The minimum absolute atomic E-state index is 0.200. The molecule has 0 saturated carbocycles. The summed E-state index contributed by atoms with van der Waals surface area (Å²) in [6.45, 7) is 4.68. The number of rotatable bonds is 5.